The third kappa shape index (κ3) is 6.05. The van der Waals surface area contributed by atoms with Crippen molar-refractivity contribution in [1.82, 2.24) is 5.32 Å². The van der Waals surface area contributed by atoms with Crippen LogP contribution in [0.4, 0.5) is 0 Å². The van der Waals surface area contributed by atoms with Gasteiger partial charge in [-0.1, -0.05) is 42.5 Å². The van der Waals surface area contributed by atoms with Gasteiger partial charge < -0.3 is 14.5 Å². The van der Waals surface area contributed by atoms with E-state index in [4.69, 9.17) is 9.15 Å². The summed E-state index contributed by atoms with van der Waals surface area (Å²) >= 11 is 0. The van der Waals surface area contributed by atoms with Crippen LogP contribution in [0.2, 0.25) is 0 Å². The van der Waals surface area contributed by atoms with Crippen molar-refractivity contribution in [2.45, 2.75) is 43.8 Å². The van der Waals surface area contributed by atoms with E-state index in [1.54, 1.807) is 18.2 Å². The fourth-order valence-electron chi connectivity index (χ4n) is 2.76. The van der Waals surface area contributed by atoms with Crippen LogP contribution in [0, 0.1) is 0 Å². The van der Waals surface area contributed by atoms with Gasteiger partial charge in [0.2, 0.25) is 0 Å². The lowest BCUT2D eigenvalue weighted by Crippen LogP contribution is -2.22. The molecular formula is C23H25NO5S. The van der Waals surface area contributed by atoms with E-state index in [2.05, 4.69) is 5.32 Å². The number of hydrogen-bond acceptors (Lipinski definition) is 5. The van der Waals surface area contributed by atoms with Crippen LogP contribution in [-0.2, 0) is 33.5 Å². The van der Waals surface area contributed by atoms with Crippen molar-refractivity contribution in [1.29, 1.82) is 0 Å². The summed E-state index contributed by atoms with van der Waals surface area (Å²) in [6.45, 7) is 4.86. The summed E-state index contributed by atoms with van der Waals surface area (Å²) in [4.78, 5) is 12.6. The minimum absolute atomic E-state index is 0.0789. The van der Waals surface area contributed by atoms with Gasteiger partial charge in [0, 0.05) is 6.54 Å². The zero-order chi connectivity index (χ0) is 21.6. The van der Waals surface area contributed by atoms with E-state index in [1.165, 1.54) is 24.3 Å². The molecule has 1 N–H and O–H groups in total. The van der Waals surface area contributed by atoms with Crippen molar-refractivity contribution in [2.75, 3.05) is 0 Å². The van der Waals surface area contributed by atoms with E-state index in [1.807, 2.05) is 38.1 Å². The maximum atomic E-state index is 12.4. The van der Waals surface area contributed by atoms with Gasteiger partial charge in [0.1, 0.15) is 11.5 Å². The van der Waals surface area contributed by atoms with E-state index in [-0.39, 0.29) is 28.3 Å². The van der Waals surface area contributed by atoms with E-state index in [9.17, 15) is 13.2 Å². The first-order valence-electron chi connectivity index (χ1n) is 9.67. The largest absolute Gasteiger partial charge is 0.455 e. The van der Waals surface area contributed by atoms with Gasteiger partial charge in [0.05, 0.1) is 17.6 Å². The number of nitrogens with one attached hydrogen (secondary N) is 1. The Labute approximate surface area is 176 Å². The fraction of sp³-hybridized carbons (Fsp3) is 0.261. The molecule has 2 aromatic carbocycles. The van der Waals surface area contributed by atoms with Gasteiger partial charge in [-0.2, -0.15) is 0 Å². The molecule has 0 aliphatic rings. The Morgan fingerprint density at radius 2 is 1.63 bits per heavy atom. The van der Waals surface area contributed by atoms with E-state index in [0.717, 1.165) is 11.1 Å². The Morgan fingerprint density at radius 3 is 2.30 bits per heavy atom. The first-order chi connectivity index (χ1) is 14.3. The summed E-state index contributed by atoms with van der Waals surface area (Å²) in [7, 11) is -3.53. The molecule has 1 heterocycles. The average molecular weight is 428 g/mol. The highest BCUT2D eigenvalue weighted by atomic mass is 32.2. The highest BCUT2D eigenvalue weighted by Crippen LogP contribution is 2.18. The maximum absolute atomic E-state index is 12.4. The molecule has 0 aliphatic heterocycles. The summed E-state index contributed by atoms with van der Waals surface area (Å²) < 4.78 is 35.9. The summed E-state index contributed by atoms with van der Waals surface area (Å²) in [5.74, 6) is -0.399. The van der Waals surface area contributed by atoms with Gasteiger partial charge in [-0.15, -0.1) is 0 Å². The molecule has 158 valence electrons. The normalized spacial score (nSPS) is 11.6. The van der Waals surface area contributed by atoms with Gasteiger partial charge in [-0.3, -0.25) is 4.79 Å². The van der Waals surface area contributed by atoms with Crippen LogP contribution in [0.25, 0.3) is 0 Å². The predicted octanol–water partition coefficient (Wildman–Crippen LogP) is 4.11. The minimum Gasteiger partial charge on any atom is -0.455 e. The van der Waals surface area contributed by atoms with Crippen molar-refractivity contribution < 1.29 is 22.4 Å². The lowest BCUT2D eigenvalue weighted by molar-refractivity contribution is 0.0657. The minimum atomic E-state index is -3.53. The number of amides is 1. The highest BCUT2D eigenvalue weighted by molar-refractivity contribution is 7.90. The Hall–Kier alpha value is -2.90. The Morgan fingerprint density at radius 1 is 0.967 bits per heavy atom. The molecule has 0 radical (unpaired) electrons. The lowest BCUT2D eigenvalue weighted by atomic mass is 10.1. The Kier molecular flexibility index (Phi) is 7.07. The Bertz CT molecular complexity index is 1070. The monoisotopic (exact) mass is 427 g/mol. The van der Waals surface area contributed by atoms with Crippen LogP contribution in [-0.4, -0.2) is 20.4 Å². The summed E-state index contributed by atoms with van der Waals surface area (Å²) in [6.07, 6.45) is 0.171. The third-order valence-corrected chi connectivity index (χ3v) is 6.03. The zero-order valence-corrected chi connectivity index (χ0v) is 17.8. The molecule has 7 heteroatoms. The van der Waals surface area contributed by atoms with Crippen molar-refractivity contribution in [2.24, 2.45) is 0 Å². The molecule has 1 aromatic heterocycles. The van der Waals surface area contributed by atoms with Gasteiger partial charge in [0.15, 0.2) is 15.6 Å². The molecule has 3 aromatic rings. The second-order valence-corrected chi connectivity index (χ2v) is 9.19. The van der Waals surface area contributed by atoms with Crippen LogP contribution in [0.3, 0.4) is 0 Å². The number of carbonyl (C=O) groups is 1. The molecule has 3 rings (SSSR count). The van der Waals surface area contributed by atoms with Crippen LogP contribution >= 0.6 is 0 Å². The van der Waals surface area contributed by atoms with Crippen molar-refractivity contribution >= 4 is 15.7 Å². The molecule has 0 fully saturated rings. The van der Waals surface area contributed by atoms with Gasteiger partial charge in [0.25, 0.3) is 5.91 Å². The molecule has 0 spiro atoms. The van der Waals surface area contributed by atoms with Crippen molar-refractivity contribution in [3.05, 3.63) is 89.4 Å². The zero-order valence-electron chi connectivity index (χ0n) is 17.0. The average Bonchev–Trinajstić information content (AvgIpc) is 3.19. The fourth-order valence-corrected chi connectivity index (χ4v) is 4.03. The van der Waals surface area contributed by atoms with E-state index < -0.39 is 15.7 Å². The summed E-state index contributed by atoms with van der Waals surface area (Å²) in [6, 6.07) is 18.9. The molecule has 6 nitrogen and oxygen atoms in total. The number of furan rings is 1. The quantitative estimate of drug-likeness (QED) is 0.555. The predicted molar refractivity (Wildman–Crippen MR) is 114 cm³/mol. The number of sulfone groups is 1. The van der Waals surface area contributed by atoms with Crippen LogP contribution < -0.4 is 5.32 Å². The molecule has 0 saturated heterocycles. The van der Waals surface area contributed by atoms with Crippen molar-refractivity contribution in [3.63, 3.8) is 0 Å². The van der Waals surface area contributed by atoms with E-state index >= 15 is 0 Å². The van der Waals surface area contributed by atoms with Gasteiger partial charge in [-0.05, 0) is 49.2 Å². The lowest BCUT2D eigenvalue weighted by Gasteiger charge is -2.08. The molecular weight excluding hydrogens is 402 g/mol. The number of carbonyl (C=O) groups excluding carboxylic acids is 1. The van der Waals surface area contributed by atoms with Crippen molar-refractivity contribution in [3.8, 4) is 0 Å². The second kappa shape index (κ2) is 9.73. The molecule has 1 amide bonds. The topological polar surface area (TPSA) is 85.6 Å². The van der Waals surface area contributed by atoms with Gasteiger partial charge in [-0.25, -0.2) is 8.42 Å². The molecule has 0 bridgehead atoms. The SMILES string of the molecule is CC(C)OCc1ccc(CNC(=O)c2ccc(CS(=O)(=O)c3ccccc3)o2)cc1. The van der Waals surface area contributed by atoms with Gasteiger partial charge >= 0.3 is 0 Å². The molecule has 0 unspecified atom stereocenters. The van der Waals surface area contributed by atoms with Crippen LogP contribution in [0.5, 0.6) is 0 Å². The number of ether oxygens (including phenoxy) is 1. The first kappa shape index (κ1) is 21.8. The Balaban J connectivity index is 1.55. The number of hydrogen-bond donors (Lipinski definition) is 1. The molecule has 0 aliphatic carbocycles. The first-order valence-corrected chi connectivity index (χ1v) is 11.3. The highest BCUT2D eigenvalue weighted by Gasteiger charge is 2.19. The summed E-state index contributed by atoms with van der Waals surface area (Å²) in [5.41, 5.74) is 2.00. The number of rotatable bonds is 9. The van der Waals surface area contributed by atoms with Crippen LogP contribution in [0.15, 0.2) is 76.0 Å². The summed E-state index contributed by atoms with van der Waals surface area (Å²) in [5, 5.41) is 2.78. The second-order valence-electron chi connectivity index (χ2n) is 7.20. The smallest absolute Gasteiger partial charge is 0.287 e. The maximum Gasteiger partial charge on any atom is 0.287 e. The standard InChI is InChI=1S/C23H25NO5S/c1-17(2)28-15-19-10-8-18(9-11-19)14-24-23(25)22-13-12-20(29-22)16-30(26,27)21-6-4-3-5-7-21/h3-13,17H,14-16H2,1-2H3,(H,24,25). The van der Waals surface area contributed by atoms with E-state index in [0.29, 0.717) is 13.2 Å². The molecule has 0 atom stereocenters. The number of benzene rings is 2. The molecule has 30 heavy (non-hydrogen) atoms. The van der Waals surface area contributed by atoms with Crippen LogP contribution in [0.1, 0.15) is 41.3 Å². The third-order valence-electron chi connectivity index (χ3n) is 4.38. The molecule has 0 saturated carbocycles.